The second-order valence-electron chi connectivity index (χ2n) is 4.56. The first-order valence-electron chi connectivity index (χ1n) is 6.66. The summed E-state index contributed by atoms with van der Waals surface area (Å²) >= 11 is 0. The van der Waals surface area contributed by atoms with Gasteiger partial charge in [0.25, 0.3) is 11.8 Å². The Balaban J connectivity index is 2.87. The number of nitrogens with zero attached hydrogens (tertiary/aromatic N) is 1. The van der Waals surface area contributed by atoms with Gasteiger partial charge in [-0.1, -0.05) is 6.08 Å². The van der Waals surface area contributed by atoms with Crippen LogP contribution in [0, 0.1) is 5.82 Å². The van der Waals surface area contributed by atoms with E-state index in [1.165, 1.54) is 19.9 Å². The largest absolute Gasteiger partial charge is 0.480 e. The topological polar surface area (TPSA) is 134 Å². The molecule has 0 aliphatic rings. The molecule has 0 saturated carbocycles. The quantitative estimate of drug-likeness (QED) is 0.540. The number of hydrogen-bond donors (Lipinski definition) is 4. The van der Waals surface area contributed by atoms with E-state index in [0.29, 0.717) is 0 Å². The SMILES string of the molecule is C/C=C(\NC(=O)c1cc(F)cc(CN)n1)C(=O)N[C@@H](C)C(=O)O. The third-order valence-electron chi connectivity index (χ3n) is 2.78. The number of aliphatic carboxylic acids is 1. The normalized spacial score (nSPS) is 12.4. The van der Waals surface area contributed by atoms with E-state index >= 15 is 0 Å². The van der Waals surface area contributed by atoms with Crippen molar-refractivity contribution in [3.05, 3.63) is 41.1 Å². The zero-order chi connectivity index (χ0) is 17.6. The Kier molecular flexibility index (Phi) is 6.34. The highest BCUT2D eigenvalue weighted by Crippen LogP contribution is 2.05. The molecule has 1 rings (SSSR count). The number of nitrogens with two attached hydrogens (primary N) is 1. The molecular weight excluding hydrogens is 307 g/mol. The van der Waals surface area contributed by atoms with Gasteiger partial charge < -0.3 is 21.5 Å². The van der Waals surface area contributed by atoms with Gasteiger partial charge in [-0.05, 0) is 19.9 Å². The fraction of sp³-hybridized carbons (Fsp3) is 0.286. The molecule has 1 aromatic rings. The van der Waals surface area contributed by atoms with Crippen LogP contribution in [0.15, 0.2) is 23.9 Å². The maximum absolute atomic E-state index is 13.4. The first-order chi connectivity index (χ1) is 10.8. The number of halogens is 1. The molecule has 124 valence electrons. The Hall–Kier alpha value is -2.81. The fourth-order valence-electron chi connectivity index (χ4n) is 1.55. The minimum Gasteiger partial charge on any atom is -0.480 e. The number of nitrogens with one attached hydrogen (secondary N) is 2. The molecule has 1 heterocycles. The van der Waals surface area contributed by atoms with Crippen LogP contribution >= 0.6 is 0 Å². The minimum atomic E-state index is -1.22. The van der Waals surface area contributed by atoms with Crippen LogP contribution in [0.2, 0.25) is 0 Å². The minimum absolute atomic E-state index is 0.0505. The molecule has 1 atom stereocenters. The molecule has 0 fully saturated rings. The molecule has 8 nitrogen and oxygen atoms in total. The lowest BCUT2D eigenvalue weighted by molar-refractivity contribution is -0.140. The van der Waals surface area contributed by atoms with Crippen LogP contribution < -0.4 is 16.4 Å². The summed E-state index contributed by atoms with van der Waals surface area (Å²) in [7, 11) is 0. The summed E-state index contributed by atoms with van der Waals surface area (Å²) in [6.45, 7) is 2.70. The maximum Gasteiger partial charge on any atom is 0.325 e. The van der Waals surface area contributed by atoms with Crippen molar-refractivity contribution in [3.63, 3.8) is 0 Å². The molecule has 23 heavy (non-hydrogen) atoms. The van der Waals surface area contributed by atoms with Crippen LogP contribution in [-0.4, -0.2) is 33.9 Å². The molecule has 0 bridgehead atoms. The number of hydrogen-bond acceptors (Lipinski definition) is 5. The summed E-state index contributed by atoms with van der Waals surface area (Å²) in [6.07, 6.45) is 1.28. The molecule has 1 aromatic heterocycles. The molecule has 0 spiro atoms. The molecule has 0 aliphatic carbocycles. The van der Waals surface area contributed by atoms with Crippen LogP contribution in [0.3, 0.4) is 0 Å². The van der Waals surface area contributed by atoms with Gasteiger partial charge >= 0.3 is 5.97 Å². The molecule has 0 saturated heterocycles. The van der Waals surface area contributed by atoms with Crippen molar-refractivity contribution < 1.29 is 23.9 Å². The maximum atomic E-state index is 13.4. The molecule has 5 N–H and O–H groups in total. The van der Waals surface area contributed by atoms with Crippen molar-refractivity contribution >= 4 is 17.8 Å². The standard InChI is InChI=1S/C14H17FN4O4/c1-3-10(12(20)17-7(2)14(22)23)19-13(21)11-5-8(15)4-9(6-16)18-11/h3-5,7H,6,16H2,1-2H3,(H,17,20)(H,19,21)(H,22,23)/b10-3-/t7-/m0/s1. The number of carbonyl (C=O) groups is 3. The van der Waals surface area contributed by atoms with Gasteiger partial charge in [0.15, 0.2) is 0 Å². The smallest absolute Gasteiger partial charge is 0.325 e. The monoisotopic (exact) mass is 324 g/mol. The molecule has 9 heteroatoms. The summed E-state index contributed by atoms with van der Waals surface area (Å²) < 4.78 is 13.4. The van der Waals surface area contributed by atoms with Gasteiger partial charge in [0.05, 0.1) is 5.69 Å². The highest BCUT2D eigenvalue weighted by Gasteiger charge is 2.19. The highest BCUT2D eigenvalue weighted by molar-refractivity contribution is 6.02. The predicted octanol–water partition coefficient (Wildman–Crippen LogP) is -0.0977. The van der Waals surface area contributed by atoms with Gasteiger partial charge in [-0.15, -0.1) is 0 Å². The fourth-order valence-corrected chi connectivity index (χ4v) is 1.55. The third kappa shape index (κ3) is 5.15. The van der Waals surface area contributed by atoms with E-state index in [2.05, 4.69) is 15.6 Å². The lowest BCUT2D eigenvalue weighted by Crippen LogP contribution is -2.42. The number of carbonyl (C=O) groups excluding carboxylic acids is 2. The number of pyridine rings is 1. The number of aromatic nitrogens is 1. The zero-order valence-electron chi connectivity index (χ0n) is 12.6. The van der Waals surface area contributed by atoms with E-state index in [4.69, 9.17) is 10.8 Å². The number of allylic oxidation sites excluding steroid dienone is 1. The van der Waals surface area contributed by atoms with Crippen molar-refractivity contribution in [1.82, 2.24) is 15.6 Å². The van der Waals surface area contributed by atoms with Gasteiger partial charge in [0.1, 0.15) is 23.3 Å². The van der Waals surface area contributed by atoms with E-state index in [1.54, 1.807) is 0 Å². The van der Waals surface area contributed by atoms with Crippen molar-refractivity contribution in [2.45, 2.75) is 26.4 Å². The van der Waals surface area contributed by atoms with Crippen molar-refractivity contribution in [1.29, 1.82) is 0 Å². The summed E-state index contributed by atoms with van der Waals surface area (Å²) in [4.78, 5) is 38.5. The molecule has 0 aliphatic heterocycles. The Labute approximate surface area is 131 Å². The van der Waals surface area contributed by atoms with Gasteiger partial charge in [0.2, 0.25) is 0 Å². The summed E-state index contributed by atoms with van der Waals surface area (Å²) in [6, 6.07) is 0.860. The Morgan fingerprint density at radius 2 is 2.09 bits per heavy atom. The van der Waals surface area contributed by atoms with E-state index in [0.717, 1.165) is 12.1 Å². The van der Waals surface area contributed by atoms with Crippen LogP contribution in [0.5, 0.6) is 0 Å². The van der Waals surface area contributed by atoms with E-state index in [1.807, 2.05) is 0 Å². The predicted molar refractivity (Wildman–Crippen MR) is 78.6 cm³/mol. The van der Waals surface area contributed by atoms with Crippen molar-refractivity contribution in [2.75, 3.05) is 0 Å². The van der Waals surface area contributed by atoms with Gasteiger partial charge in [0, 0.05) is 12.6 Å². The van der Waals surface area contributed by atoms with Crippen LogP contribution in [0.4, 0.5) is 4.39 Å². The van der Waals surface area contributed by atoms with Crippen LogP contribution in [-0.2, 0) is 16.1 Å². The van der Waals surface area contributed by atoms with Gasteiger partial charge in [-0.25, -0.2) is 9.37 Å². The summed E-state index contributed by atoms with van der Waals surface area (Å²) in [5.74, 6) is -3.51. The average molecular weight is 324 g/mol. The lowest BCUT2D eigenvalue weighted by Gasteiger charge is -2.13. The third-order valence-corrected chi connectivity index (χ3v) is 2.78. The zero-order valence-corrected chi connectivity index (χ0v) is 12.6. The Bertz CT molecular complexity index is 660. The second kappa shape index (κ2) is 7.99. The van der Waals surface area contributed by atoms with E-state index in [9.17, 15) is 18.8 Å². The number of carboxylic acid groups (broad SMARTS) is 1. The van der Waals surface area contributed by atoms with Crippen molar-refractivity contribution in [2.24, 2.45) is 5.73 Å². The second-order valence-corrected chi connectivity index (χ2v) is 4.56. The van der Waals surface area contributed by atoms with Crippen molar-refractivity contribution in [3.8, 4) is 0 Å². The molecular formula is C14H17FN4O4. The highest BCUT2D eigenvalue weighted by atomic mass is 19.1. The lowest BCUT2D eigenvalue weighted by atomic mass is 10.2. The Morgan fingerprint density at radius 3 is 2.61 bits per heavy atom. The molecule has 0 unspecified atom stereocenters. The van der Waals surface area contributed by atoms with E-state index in [-0.39, 0.29) is 23.6 Å². The Morgan fingerprint density at radius 1 is 1.43 bits per heavy atom. The van der Waals surface area contributed by atoms with Gasteiger partial charge in [-0.3, -0.25) is 14.4 Å². The average Bonchev–Trinajstić information content (AvgIpc) is 2.51. The molecule has 2 amide bonds. The van der Waals surface area contributed by atoms with E-state index < -0.39 is 29.6 Å². The summed E-state index contributed by atoms with van der Waals surface area (Å²) in [5.41, 5.74) is 5.11. The molecule has 0 aromatic carbocycles. The first kappa shape index (κ1) is 18.2. The van der Waals surface area contributed by atoms with Crippen LogP contribution in [0.1, 0.15) is 30.0 Å². The first-order valence-corrected chi connectivity index (χ1v) is 6.66. The number of amides is 2. The summed E-state index contributed by atoms with van der Waals surface area (Å²) in [5, 5.41) is 13.2. The molecule has 0 radical (unpaired) electrons. The number of rotatable bonds is 6. The van der Waals surface area contributed by atoms with Crippen LogP contribution in [0.25, 0.3) is 0 Å². The number of carboxylic acids is 1. The van der Waals surface area contributed by atoms with Gasteiger partial charge in [-0.2, -0.15) is 0 Å².